The van der Waals surface area contributed by atoms with E-state index in [-0.39, 0.29) is 23.8 Å². The van der Waals surface area contributed by atoms with Crippen molar-refractivity contribution in [3.05, 3.63) is 0 Å². The van der Waals surface area contributed by atoms with Crippen molar-refractivity contribution in [1.82, 2.24) is 5.32 Å². The minimum Gasteiger partial charge on any atom is -0.481 e. The van der Waals surface area contributed by atoms with Gasteiger partial charge in [-0.25, -0.2) is 0 Å². The summed E-state index contributed by atoms with van der Waals surface area (Å²) >= 11 is 0. The summed E-state index contributed by atoms with van der Waals surface area (Å²) in [5.41, 5.74) is 0. The van der Waals surface area contributed by atoms with Crippen LogP contribution in [0.1, 0.15) is 38.5 Å². The van der Waals surface area contributed by atoms with Gasteiger partial charge in [0.2, 0.25) is 5.91 Å². The monoisotopic (exact) mass is 269 g/mol. The summed E-state index contributed by atoms with van der Waals surface area (Å²) in [5, 5.41) is 12.3. The van der Waals surface area contributed by atoms with Crippen molar-refractivity contribution < 1.29 is 19.4 Å². The SMILES string of the molecule is COCCCCC(=O)NC1C2CCC(C2)C1C(=O)O. The van der Waals surface area contributed by atoms with Gasteiger partial charge in [-0.3, -0.25) is 9.59 Å². The second-order valence-electron chi connectivity index (χ2n) is 5.74. The topological polar surface area (TPSA) is 75.6 Å². The first-order chi connectivity index (χ1) is 9.13. The number of carbonyl (C=O) groups is 2. The minimum absolute atomic E-state index is 0.0140. The molecular weight excluding hydrogens is 246 g/mol. The molecule has 4 atom stereocenters. The van der Waals surface area contributed by atoms with Crippen LogP contribution in [-0.4, -0.2) is 36.7 Å². The van der Waals surface area contributed by atoms with Gasteiger partial charge in [0.25, 0.3) is 0 Å². The Hall–Kier alpha value is -1.10. The van der Waals surface area contributed by atoms with Crippen molar-refractivity contribution in [2.24, 2.45) is 17.8 Å². The van der Waals surface area contributed by atoms with Crippen molar-refractivity contribution in [3.8, 4) is 0 Å². The molecule has 0 aromatic heterocycles. The smallest absolute Gasteiger partial charge is 0.308 e. The number of aliphatic carboxylic acids is 1. The van der Waals surface area contributed by atoms with E-state index in [9.17, 15) is 14.7 Å². The second kappa shape index (κ2) is 6.37. The zero-order chi connectivity index (χ0) is 13.8. The van der Waals surface area contributed by atoms with Crippen LogP contribution in [0, 0.1) is 17.8 Å². The minimum atomic E-state index is -0.753. The van der Waals surface area contributed by atoms with E-state index in [2.05, 4.69) is 5.32 Å². The summed E-state index contributed by atoms with van der Waals surface area (Å²) in [6.45, 7) is 0.666. The van der Waals surface area contributed by atoms with Gasteiger partial charge in [0.15, 0.2) is 0 Å². The Morgan fingerprint density at radius 2 is 2.00 bits per heavy atom. The Kier molecular flexibility index (Phi) is 4.80. The standard InChI is InChI=1S/C14H23NO4/c1-19-7-3-2-4-11(16)15-13-10-6-5-9(8-10)12(13)14(17)18/h9-10,12-13H,2-8H2,1H3,(H,15,16)(H,17,18). The maximum absolute atomic E-state index is 11.9. The molecule has 0 aromatic rings. The van der Waals surface area contributed by atoms with Gasteiger partial charge < -0.3 is 15.2 Å². The predicted octanol–water partition coefficient (Wildman–Crippen LogP) is 1.42. The Labute approximate surface area is 113 Å². The predicted molar refractivity (Wildman–Crippen MR) is 69.6 cm³/mol. The molecule has 19 heavy (non-hydrogen) atoms. The van der Waals surface area contributed by atoms with Gasteiger partial charge in [0.1, 0.15) is 0 Å². The normalized spacial score (nSPS) is 32.5. The first kappa shape index (κ1) is 14.3. The molecule has 4 unspecified atom stereocenters. The Morgan fingerprint density at radius 1 is 1.26 bits per heavy atom. The van der Waals surface area contributed by atoms with Crippen LogP contribution in [0.5, 0.6) is 0 Å². The third-order valence-corrected chi connectivity index (χ3v) is 4.53. The van der Waals surface area contributed by atoms with E-state index >= 15 is 0 Å². The van der Waals surface area contributed by atoms with E-state index in [4.69, 9.17) is 4.74 Å². The van der Waals surface area contributed by atoms with Crippen LogP contribution in [0.2, 0.25) is 0 Å². The molecule has 2 aliphatic rings. The van der Waals surface area contributed by atoms with Crippen molar-refractivity contribution in [2.45, 2.75) is 44.6 Å². The summed E-state index contributed by atoms with van der Waals surface area (Å²) in [7, 11) is 1.65. The van der Waals surface area contributed by atoms with Crippen LogP contribution in [0.4, 0.5) is 0 Å². The lowest BCUT2D eigenvalue weighted by Crippen LogP contribution is -2.46. The number of amides is 1. The largest absolute Gasteiger partial charge is 0.481 e. The van der Waals surface area contributed by atoms with Crippen LogP contribution in [0.3, 0.4) is 0 Å². The molecule has 0 radical (unpaired) electrons. The maximum Gasteiger partial charge on any atom is 0.308 e. The highest BCUT2D eigenvalue weighted by Gasteiger charge is 2.51. The van der Waals surface area contributed by atoms with Gasteiger partial charge in [-0.1, -0.05) is 0 Å². The fourth-order valence-electron chi connectivity index (χ4n) is 3.64. The summed E-state index contributed by atoms with van der Waals surface area (Å²) in [4.78, 5) is 23.2. The van der Waals surface area contributed by atoms with Crippen molar-refractivity contribution in [3.63, 3.8) is 0 Å². The van der Waals surface area contributed by atoms with E-state index in [1.165, 1.54) is 0 Å². The molecule has 2 aliphatic carbocycles. The molecule has 108 valence electrons. The Balaban J connectivity index is 1.80. The van der Waals surface area contributed by atoms with Gasteiger partial charge in [0, 0.05) is 26.2 Å². The fraction of sp³-hybridized carbons (Fsp3) is 0.857. The van der Waals surface area contributed by atoms with E-state index < -0.39 is 5.97 Å². The molecule has 0 saturated heterocycles. The molecule has 0 spiro atoms. The number of hydrogen-bond donors (Lipinski definition) is 2. The Bertz CT molecular complexity index is 344. The quantitative estimate of drug-likeness (QED) is 0.685. The van der Waals surface area contributed by atoms with E-state index in [0.29, 0.717) is 18.9 Å². The van der Waals surface area contributed by atoms with Crippen LogP contribution in [0.25, 0.3) is 0 Å². The van der Waals surface area contributed by atoms with Crippen LogP contribution in [-0.2, 0) is 14.3 Å². The number of ether oxygens (including phenoxy) is 1. The van der Waals surface area contributed by atoms with Gasteiger partial charge in [-0.05, 0) is 43.9 Å². The van der Waals surface area contributed by atoms with E-state index in [0.717, 1.165) is 32.1 Å². The molecule has 0 aromatic carbocycles. The zero-order valence-electron chi connectivity index (χ0n) is 11.4. The zero-order valence-corrected chi connectivity index (χ0v) is 11.4. The first-order valence-electron chi connectivity index (χ1n) is 7.14. The molecular formula is C14H23NO4. The molecule has 2 saturated carbocycles. The number of nitrogens with one attached hydrogen (secondary N) is 1. The van der Waals surface area contributed by atoms with Crippen LogP contribution in [0.15, 0.2) is 0 Å². The molecule has 0 heterocycles. The third kappa shape index (κ3) is 3.26. The lowest BCUT2D eigenvalue weighted by atomic mass is 9.84. The molecule has 2 rings (SSSR count). The van der Waals surface area contributed by atoms with Crippen LogP contribution >= 0.6 is 0 Å². The highest BCUT2D eigenvalue weighted by atomic mass is 16.5. The first-order valence-corrected chi connectivity index (χ1v) is 7.14. The summed E-state index contributed by atoms with van der Waals surface area (Å²) in [5.74, 6) is -0.506. The highest BCUT2D eigenvalue weighted by Crippen LogP contribution is 2.48. The van der Waals surface area contributed by atoms with E-state index in [1.54, 1.807) is 7.11 Å². The molecule has 1 amide bonds. The summed E-state index contributed by atoms with van der Waals surface area (Å²) < 4.78 is 4.94. The maximum atomic E-state index is 11.9. The molecule has 0 aliphatic heterocycles. The average Bonchev–Trinajstić information content (AvgIpc) is 2.95. The highest BCUT2D eigenvalue weighted by molar-refractivity contribution is 5.78. The lowest BCUT2D eigenvalue weighted by molar-refractivity contribution is -0.144. The molecule has 2 bridgehead atoms. The number of methoxy groups -OCH3 is 1. The number of carboxylic acids is 1. The molecule has 2 N–H and O–H groups in total. The van der Waals surface area contributed by atoms with Gasteiger partial charge in [-0.2, -0.15) is 0 Å². The van der Waals surface area contributed by atoms with Crippen LogP contribution < -0.4 is 5.32 Å². The van der Waals surface area contributed by atoms with Crippen molar-refractivity contribution >= 4 is 11.9 Å². The molecule has 2 fully saturated rings. The lowest BCUT2D eigenvalue weighted by Gasteiger charge is -2.28. The number of carbonyl (C=O) groups excluding carboxylic acids is 1. The van der Waals surface area contributed by atoms with E-state index in [1.807, 2.05) is 0 Å². The van der Waals surface area contributed by atoms with Gasteiger partial charge >= 0.3 is 5.97 Å². The van der Waals surface area contributed by atoms with Crippen molar-refractivity contribution in [2.75, 3.05) is 13.7 Å². The molecule has 5 heteroatoms. The fourth-order valence-corrected chi connectivity index (χ4v) is 3.64. The summed E-state index contributed by atoms with van der Waals surface area (Å²) in [6, 6.07) is -0.147. The number of carboxylic acid groups (broad SMARTS) is 1. The second-order valence-corrected chi connectivity index (χ2v) is 5.74. The van der Waals surface area contributed by atoms with Crippen molar-refractivity contribution in [1.29, 1.82) is 0 Å². The number of rotatable bonds is 7. The number of fused-ring (bicyclic) bond motifs is 2. The molecule has 5 nitrogen and oxygen atoms in total. The average molecular weight is 269 g/mol. The van der Waals surface area contributed by atoms with Gasteiger partial charge in [0.05, 0.1) is 5.92 Å². The number of hydrogen-bond acceptors (Lipinski definition) is 3. The Morgan fingerprint density at radius 3 is 2.68 bits per heavy atom. The third-order valence-electron chi connectivity index (χ3n) is 4.53. The number of unbranched alkanes of at least 4 members (excludes halogenated alkanes) is 1. The summed E-state index contributed by atoms with van der Waals surface area (Å²) in [6.07, 6.45) is 5.14. The van der Waals surface area contributed by atoms with Gasteiger partial charge in [-0.15, -0.1) is 0 Å².